The van der Waals surface area contributed by atoms with Crippen molar-refractivity contribution in [1.82, 2.24) is 0 Å². The van der Waals surface area contributed by atoms with Gasteiger partial charge in [-0.05, 0) is 22.9 Å². The summed E-state index contributed by atoms with van der Waals surface area (Å²) in [6, 6.07) is 8.01. The summed E-state index contributed by atoms with van der Waals surface area (Å²) in [5.41, 5.74) is -1.72. The molecule has 1 unspecified atom stereocenters. The van der Waals surface area contributed by atoms with Crippen molar-refractivity contribution in [3.63, 3.8) is 0 Å². The number of carbonyl (C=O) groups excluding carboxylic acids is 1. The van der Waals surface area contributed by atoms with E-state index in [0.717, 1.165) is 17.3 Å². The molecule has 29 heavy (non-hydrogen) atoms. The third-order valence-corrected chi connectivity index (χ3v) is 8.32. The molecule has 3 aliphatic heterocycles. The number of esters is 1. The summed E-state index contributed by atoms with van der Waals surface area (Å²) in [7, 11) is 4.49. The quantitative estimate of drug-likeness (QED) is 0.347. The van der Waals surface area contributed by atoms with E-state index >= 15 is 0 Å². The third kappa shape index (κ3) is 3.76. The second-order valence-corrected chi connectivity index (χ2v) is 9.89. The standard InChI is InChI=1S/C19H22NO4S2.2BrH.H2O/c1-20(2)12-9-11(10-13(20)17-16(12)24-17)23-18(21)19(22,14-5-3-7-25-14)15-6-4-8-26-15;;;/h3-8,11-13,16-17,22H,9-10H2,1-2H3;2*1H;1H2/q+1;;;/t11?,12-,13+,16-,17+;;;. The average molecular weight is 572 g/mol. The molecular weight excluding hydrogens is 546 g/mol. The highest BCUT2D eigenvalue weighted by Crippen LogP contribution is 2.52. The highest BCUT2D eigenvalue weighted by Gasteiger charge is 2.71. The highest BCUT2D eigenvalue weighted by molar-refractivity contribution is 8.93. The van der Waals surface area contributed by atoms with E-state index in [1.54, 1.807) is 12.1 Å². The van der Waals surface area contributed by atoms with E-state index in [1.807, 2.05) is 22.9 Å². The van der Waals surface area contributed by atoms with Crippen molar-refractivity contribution in [2.45, 2.75) is 48.8 Å². The number of morpholine rings is 1. The zero-order valence-corrected chi connectivity index (χ0v) is 21.1. The minimum atomic E-state index is -1.72. The molecule has 0 spiro atoms. The van der Waals surface area contributed by atoms with Gasteiger partial charge in [-0.15, -0.1) is 56.6 Å². The number of ether oxygens (including phenoxy) is 2. The monoisotopic (exact) mass is 570 g/mol. The number of nitrogens with zero attached hydrogens (tertiary/aromatic N) is 1. The minimum Gasteiger partial charge on any atom is -0.459 e. The molecule has 6 nitrogen and oxygen atoms in total. The van der Waals surface area contributed by atoms with E-state index in [4.69, 9.17) is 9.47 Å². The Morgan fingerprint density at radius 2 is 1.59 bits per heavy atom. The maximum absolute atomic E-state index is 13.1. The Morgan fingerprint density at radius 1 is 1.10 bits per heavy atom. The Kier molecular flexibility index (Phi) is 7.45. The molecule has 2 aromatic heterocycles. The lowest BCUT2D eigenvalue weighted by Crippen LogP contribution is -2.60. The fourth-order valence-corrected chi connectivity index (χ4v) is 6.54. The van der Waals surface area contributed by atoms with Crippen LogP contribution < -0.4 is 0 Å². The van der Waals surface area contributed by atoms with Crippen LogP contribution in [0.5, 0.6) is 0 Å². The summed E-state index contributed by atoms with van der Waals surface area (Å²) < 4.78 is 12.6. The number of likely N-dealkylation sites (N-methyl/N-ethyl adjacent to an activating group) is 1. The average Bonchev–Trinajstić information content (AvgIpc) is 2.98. The zero-order chi connectivity index (χ0) is 18.1. The van der Waals surface area contributed by atoms with Gasteiger partial charge in [0.15, 0.2) is 0 Å². The van der Waals surface area contributed by atoms with Gasteiger partial charge in [-0.25, -0.2) is 4.79 Å². The van der Waals surface area contributed by atoms with Crippen molar-refractivity contribution in [3.8, 4) is 0 Å². The number of piperidine rings is 1. The number of hydrogen-bond donors (Lipinski definition) is 1. The Hall–Kier alpha value is -0.330. The molecule has 3 aliphatic rings. The molecule has 2 bridgehead atoms. The molecule has 0 radical (unpaired) electrons. The maximum Gasteiger partial charge on any atom is 0.349 e. The number of aliphatic hydroxyl groups is 1. The number of epoxide rings is 1. The largest absolute Gasteiger partial charge is 0.459 e. The van der Waals surface area contributed by atoms with Gasteiger partial charge in [0.1, 0.15) is 30.4 Å². The molecule has 0 aliphatic carbocycles. The second-order valence-electron chi connectivity index (χ2n) is 7.99. The molecule has 10 heteroatoms. The lowest BCUT2D eigenvalue weighted by atomic mass is 9.95. The summed E-state index contributed by atoms with van der Waals surface area (Å²) in [6.45, 7) is 0. The van der Waals surface area contributed by atoms with Crippen molar-refractivity contribution in [1.29, 1.82) is 0 Å². The van der Waals surface area contributed by atoms with Gasteiger partial charge in [0.25, 0.3) is 0 Å². The summed E-state index contributed by atoms with van der Waals surface area (Å²) in [4.78, 5) is 14.3. The number of fused-ring (bicyclic) bond motifs is 5. The van der Waals surface area contributed by atoms with Gasteiger partial charge in [0.05, 0.1) is 23.8 Å². The highest BCUT2D eigenvalue weighted by atomic mass is 79.9. The lowest BCUT2D eigenvalue weighted by Gasteiger charge is -2.45. The van der Waals surface area contributed by atoms with Crippen LogP contribution in [0.15, 0.2) is 35.0 Å². The van der Waals surface area contributed by atoms with Crippen molar-refractivity contribution >= 4 is 62.6 Å². The predicted molar refractivity (Wildman–Crippen MR) is 123 cm³/mol. The first-order chi connectivity index (χ1) is 12.4. The molecule has 5 rings (SSSR count). The van der Waals surface area contributed by atoms with Crippen LogP contribution in [-0.2, 0) is 19.9 Å². The topological polar surface area (TPSA) is 90.6 Å². The van der Waals surface area contributed by atoms with Gasteiger partial charge in [-0.3, -0.25) is 0 Å². The lowest BCUT2D eigenvalue weighted by molar-refractivity contribution is -0.938. The van der Waals surface area contributed by atoms with E-state index in [9.17, 15) is 9.90 Å². The van der Waals surface area contributed by atoms with Crippen molar-refractivity contribution in [3.05, 3.63) is 44.8 Å². The van der Waals surface area contributed by atoms with Gasteiger partial charge in [0.2, 0.25) is 5.60 Å². The van der Waals surface area contributed by atoms with Crippen molar-refractivity contribution < 1.29 is 29.3 Å². The number of halogens is 2. The third-order valence-electron chi connectivity index (χ3n) is 6.36. The molecule has 2 aromatic rings. The first-order valence-corrected chi connectivity index (χ1v) is 10.7. The minimum absolute atomic E-state index is 0. The van der Waals surface area contributed by atoms with Crippen LogP contribution in [0.2, 0.25) is 0 Å². The van der Waals surface area contributed by atoms with Crippen molar-refractivity contribution in [2.24, 2.45) is 0 Å². The second kappa shape index (κ2) is 8.66. The maximum atomic E-state index is 13.1. The van der Waals surface area contributed by atoms with Gasteiger partial charge >= 0.3 is 5.97 Å². The van der Waals surface area contributed by atoms with Crippen LogP contribution in [0.1, 0.15) is 22.6 Å². The number of quaternary nitrogens is 1. The van der Waals surface area contributed by atoms with E-state index in [0.29, 0.717) is 34.0 Å². The van der Waals surface area contributed by atoms with Crippen LogP contribution in [0.25, 0.3) is 0 Å². The van der Waals surface area contributed by atoms with Crippen LogP contribution in [0, 0.1) is 0 Å². The van der Waals surface area contributed by atoms with Crippen LogP contribution in [-0.4, -0.2) is 65.5 Å². The Balaban J connectivity index is 0.000001000. The van der Waals surface area contributed by atoms with Gasteiger partial charge in [-0.2, -0.15) is 0 Å². The fourth-order valence-electron chi connectivity index (χ4n) is 4.83. The molecule has 3 N–H and O–H groups in total. The first kappa shape index (κ1) is 24.9. The van der Waals surface area contributed by atoms with Crippen LogP contribution >= 0.6 is 56.6 Å². The number of thiophene rings is 2. The number of hydrogen-bond acceptors (Lipinski definition) is 6. The smallest absolute Gasteiger partial charge is 0.349 e. The molecule has 3 saturated heterocycles. The number of rotatable bonds is 4. The molecule has 0 aromatic carbocycles. The van der Waals surface area contributed by atoms with E-state index < -0.39 is 11.6 Å². The Morgan fingerprint density at radius 3 is 2.00 bits per heavy atom. The molecule has 5 atom stereocenters. The Bertz CT molecular complexity index is 776. The van der Waals surface area contributed by atoms with E-state index in [1.165, 1.54) is 22.7 Å². The van der Waals surface area contributed by atoms with E-state index in [-0.39, 0.29) is 45.5 Å². The molecular formula is C19H26Br2NO5S2+. The molecule has 162 valence electrons. The van der Waals surface area contributed by atoms with Crippen LogP contribution in [0.3, 0.4) is 0 Å². The van der Waals surface area contributed by atoms with Gasteiger partial charge < -0.3 is 24.5 Å². The summed E-state index contributed by atoms with van der Waals surface area (Å²) >= 11 is 2.74. The predicted octanol–water partition coefficient (Wildman–Crippen LogP) is 2.68. The SMILES string of the molecule is Br.Br.C[N+]1(C)[C@@H]2CC(OC(=O)C(O)(c3cccs3)c3cccs3)C[C@H]1[C@@H]1O[C@@H]12.O. The first-order valence-electron chi connectivity index (χ1n) is 8.92. The molecule has 0 amide bonds. The fraction of sp³-hybridized carbons (Fsp3) is 0.526. The molecule has 0 saturated carbocycles. The number of carbonyl (C=O) groups is 1. The van der Waals surface area contributed by atoms with E-state index in [2.05, 4.69) is 14.1 Å². The van der Waals surface area contributed by atoms with Crippen molar-refractivity contribution in [2.75, 3.05) is 14.1 Å². The zero-order valence-electron chi connectivity index (χ0n) is 16.0. The Labute approximate surface area is 198 Å². The molecule has 5 heterocycles. The van der Waals surface area contributed by atoms with Gasteiger partial charge in [0, 0.05) is 12.8 Å². The van der Waals surface area contributed by atoms with Crippen LogP contribution in [0.4, 0.5) is 0 Å². The summed E-state index contributed by atoms with van der Waals surface area (Å²) in [6.07, 6.45) is 2.05. The normalized spacial score (nSPS) is 30.8. The van der Waals surface area contributed by atoms with Gasteiger partial charge in [-0.1, -0.05) is 12.1 Å². The summed E-state index contributed by atoms with van der Waals surface area (Å²) in [5.74, 6) is -0.561. The molecule has 3 fully saturated rings. The summed E-state index contributed by atoms with van der Waals surface area (Å²) in [5, 5.41) is 15.1.